The number of carbonyl (C=O) groups excluding carboxylic acids is 3. The monoisotopic (exact) mass is 416 g/mol. The van der Waals surface area contributed by atoms with E-state index in [1.54, 1.807) is 42.5 Å². The fraction of sp³-hybridized carbons (Fsp3) is 0.286. The van der Waals surface area contributed by atoms with Crippen LogP contribution in [0.25, 0.3) is 0 Å². The summed E-state index contributed by atoms with van der Waals surface area (Å²) in [6.45, 7) is 1.56. The number of carbonyl (C=O) groups is 3. The van der Waals surface area contributed by atoms with Crippen molar-refractivity contribution in [3.63, 3.8) is 0 Å². The van der Waals surface area contributed by atoms with Gasteiger partial charge >= 0.3 is 5.97 Å². The van der Waals surface area contributed by atoms with E-state index >= 15 is 0 Å². The molecule has 3 rings (SSSR count). The summed E-state index contributed by atoms with van der Waals surface area (Å²) in [6.07, 6.45) is 0.0197. The van der Waals surface area contributed by atoms with Gasteiger partial charge in [0.1, 0.15) is 5.75 Å². The Balaban J connectivity index is 1.57. The highest BCUT2D eigenvalue weighted by Gasteiger charge is 2.37. The minimum atomic E-state index is -0.645. The van der Waals surface area contributed by atoms with Gasteiger partial charge in [-0.1, -0.05) is 29.8 Å². The van der Waals surface area contributed by atoms with E-state index in [4.69, 9.17) is 21.1 Å². The number of anilines is 2. The molecule has 152 valence electrons. The largest absolute Gasteiger partial charge is 0.495 e. The molecule has 1 N–H and O–H groups in total. The van der Waals surface area contributed by atoms with Crippen molar-refractivity contribution in [1.29, 1.82) is 0 Å². The maximum atomic E-state index is 12.4. The molecule has 1 heterocycles. The van der Waals surface area contributed by atoms with Crippen molar-refractivity contribution in [2.45, 2.75) is 13.3 Å². The molecule has 8 heteroatoms. The summed E-state index contributed by atoms with van der Waals surface area (Å²) >= 11 is 5.93. The summed E-state index contributed by atoms with van der Waals surface area (Å²) in [5, 5.41) is 3.15. The number of hydrogen-bond donors (Lipinski definition) is 1. The van der Waals surface area contributed by atoms with Crippen LogP contribution in [0.15, 0.2) is 42.5 Å². The number of benzene rings is 2. The molecule has 1 fully saturated rings. The summed E-state index contributed by atoms with van der Waals surface area (Å²) in [7, 11) is 1.52. The molecule has 0 bridgehead atoms. The van der Waals surface area contributed by atoms with Crippen LogP contribution >= 0.6 is 11.6 Å². The van der Waals surface area contributed by atoms with Gasteiger partial charge in [-0.05, 0) is 36.8 Å². The minimum Gasteiger partial charge on any atom is -0.495 e. The molecule has 2 aromatic rings. The number of nitrogens with zero attached hydrogens (tertiary/aromatic N) is 1. The number of nitrogens with one attached hydrogen (secondary N) is 1. The molecule has 1 saturated heterocycles. The molecule has 2 amide bonds. The summed E-state index contributed by atoms with van der Waals surface area (Å²) in [6, 6.07) is 12.2. The Bertz CT molecular complexity index is 946. The molecule has 2 aromatic carbocycles. The van der Waals surface area contributed by atoms with Crippen molar-refractivity contribution < 1.29 is 23.9 Å². The van der Waals surface area contributed by atoms with E-state index in [1.807, 2.05) is 6.92 Å². The maximum Gasteiger partial charge on any atom is 0.311 e. The van der Waals surface area contributed by atoms with Gasteiger partial charge in [-0.15, -0.1) is 0 Å². The van der Waals surface area contributed by atoms with Crippen molar-refractivity contribution in [3.8, 4) is 5.75 Å². The first-order valence-corrected chi connectivity index (χ1v) is 9.43. The van der Waals surface area contributed by atoms with Crippen molar-refractivity contribution in [1.82, 2.24) is 0 Å². The van der Waals surface area contributed by atoms with E-state index in [0.717, 1.165) is 5.56 Å². The molecule has 29 heavy (non-hydrogen) atoms. The number of para-hydroxylation sites is 2. The number of esters is 1. The summed E-state index contributed by atoms with van der Waals surface area (Å²) in [5.74, 6) is -1.36. The van der Waals surface area contributed by atoms with Gasteiger partial charge in [0, 0.05) is 23.7 Å². The van der Waals surface area contributed by atoms with Crippen molar-refractivity contribution in [2.24, 2.45) is 5.92 Å². The number of ether oxygens (including phenoxy) is 2. The summed E-state index contributed by atoms with van der Waals surface area (Å²) < 4.78 is 10.4. The number of methoxy groups -OCH3 is 1. The van der Waals surface area contributed by atoms with Crippen LogP contribution in [0.1, 0.15) is 12.0 Å². The van der Waals surface area contributed by atoms with Crippen LogP contribution in [0.3, 0.4) is 0 Å². The van der Waals surface area contributed by atoms with Crippen LogP contribution in [-0.4, -0.2) is 38.0 Å². The Morgan fingerprint density at radius 2 is 2.00 bits per heavy atom. The molecule has 0 unspecified atom stereocenters. The molecule has 0 radical (unpaired) electrons. The third kappa shape index (κ3) is 4.86. The Morgan fingerprint density at radius 3 is 2.76 bits per heavy atom. The van der Waals surface area contributed by atoms with Gasteiger partial charge in [-0.3, -0.25) is 14.4 Å². The second kappa shape index (κ2) is 8.96. The van der Waals surface area contributed by atoms with Crippen molar-refractivity contribution in [3.05, 3.63) is 53.1 Å². The van der Waals surface area contributed by atoms with E-state index < -0.39 is 24.4 Å². The van der Waals surface area contributed by atoms with Crippen LogP contribution in [0.2, 0.25) is 5.02 Å². The lowest BCUT2D eigenvalue weighted by Gasteiger charge is -2.19. The van der Waals surface area contributed by atoms with Gasteiger partial charge in [0.25, 0.3) is 5.91 Å². The van der Waals surface area contributed by atoms with Crippen LogP contribution in [0.5, 0.6) is 5.75 Å². The zero-order chi connectivity index (χ0) is 21.0. The smallest absolute Gasteiger partial charge is 0.311 e. The molecule has 1 aliphatic heterocycles. The fourth-order valence-electron chi connectivity index (χ4n) is 3.12. The van der Waals surface area contributed by atoms with Gasteiger partial charge in [0.05, 0.1) is 18.7 Å². The summed E-state index contributed by atoms with van der Waals surface area (Å²) in [4.78, 5) is 38.3. The third-order valence-electron chi connectivity index (χ3n) is 4.65. The van der Waals surface area contributed by atoms with Crippen molar-refractivity contribution >= 4 is 40.8 Å². The number of rotatable bonds is 6. The molecule has 1 atom stereocenters. The first-order valence-electron chi connectivity index (χ1n) is 9.05. The van der Waals surface area contributed by atoms with Crippen LogP contribution in [-0.2, 0) is 19.1 Å². The highest BCUT2D eigenvalue weighted by Crippen LogP contribution is 2.33. The topological polar surface area (TPSA) is 84.9 Å². The highest BCUT2D eigenvalue weighted by molar-refractivity contribution is 6.31. The quantitative estimate of drug-likeness (QED) is 0.731. The lowest BCUT2D eigenvalue weighted by Crippen LogP contribution is -2.28. The van der Waals surface area contributed by atoms with Crippen molar-refractivity contribution in [2.75, 3.05) is 30.5 Å². The molecular formula is C21H21ClN2O5. The van der Waals surface area contributed by atoms with Gasteiger partial charge < -0.3 is 19.7 Å². The molecule has 0 aliphatic carbocycles. The fourth-order valence-corrected chi connectivity index (χ4v) is 3.29. The Labute approximate surface area is 173 Å². The van der Waals surface area contributed by atoms with Gasteiger partial charge in [0.2, 0.25) is 5.91 Å². The van der Waals surface area contributed by atoms with Gasteiger partial charge in [-0.25, -0.2) is 0 Å². The number of amides is 2. The molecule has 0 saturated carbocycles. The van der Waals surface area contributed by atoms with E-state index in [-0.39, 0.29) is 18.9 Å². The predicted molar refractivity (Wildman–Crippen MR) is 109 cm³/mol. The Morgan fingerprint density at radius 1 is 1.24 bits per heavy atom. The SMILES string of the molecule is COc1ccccc1N1C[C@@H](C(=O)OCC(=O)Nc2cc(Cl)ccc2C)CC1=O. The maximum absolute atomic E-state index is 12.4. The lowest BCUT2D eigenvalue weighted by molar-refractivity contribution is -0.151. The molecule has 0 aromatic heterocycles. The number of halogens is 1. The Kier molecular flexibility index (Phi) is 6.39. The normalized spacial score (nSPS) is 15.9. The molecule has 0 spiro atoms. The van der Waals surface area contributed by atoms with E-state index in [0.29, 0.717) is 22.1 Å². The first-order chi connectivity index (χ1) is 13.9. The minimum absolute atomic E-state index is 0.0197. The number of hydrogen-bond acceptors (Lipinski definition) is 5. The second-order valence-electron chi connectivity index (χ2n) is 6.69. The van der Waals surface area contributed by atoms with E-state index in [2.05, 4.69) is 5.32 Å². The molecule has 1 aliphatic rings. The molecule has 7 nitrogen and oxygen atoms in total. The molecular weight excluding hydrogens is 396 g/mol. The average Bonchev–Trinajstić information content (AvgIpc) is 3.10. The number of aryl methyl sites for hydroxylation is 1. The van der Waals surface area contributed by atoms with Gasteiger partial charge in [0.15, 0.2) is 6.61 Å². The van der Waals surface area contributed by atoms with E-state index in [9.17, 15) is 14.4 Å². The average molecular weight is 417 g/mol. The van der Waals surface area contributed by atoms with Crippen LogP contribution < -0.4 is 15.0 Å². The van der Waals surface area contributed by atoms with Crippen LogP contribution in [0, 0.1) is 12.8 Å². The predicted octanol–water partition coefficient (Wildman–Crippen LogP) is 3.19. The first kappa shape index (κ1) is 20.7. The second-order valence-corrected chi connectivity index (χ2v) is 7.13. The zero-order valence-electron chi connectivity index (χ0n) is 16.1. The third-order valence-corrected chi connectivity index (χ3v) is 4.89. The zero-order valence-corrected chi connectivity index (χ0v) is 16.9. The van der Waals surface area contributed by atoms with Gasteiger partial charge in [-0.2, -0.15) is 0 Å². The standard InChI is InChI=1S/C21H21ClN2O5/c1-13-7-8-15(22)10-16(13)23-19(25)12-29-21(27)14-9-20(26)24(11-14)17-5-3-4-6-18(17)28-2/h3-8,10,14H,9,11-12H2,1-2H3,(H,23,25)/t14-/m0/s1. The van der Waals surface area contributed by atoms with Crippen LogP contribution in [0.4, 0.5) is 11.4 Å². The van der Waals surface area contributed by atoms with E-state index in [1.165, 1.54) is 12.0 Å². The Hall–Kier alpha value is -3.06. The highest BCUT2D eigenvalue weighted by atomic mass is 35.5. The lowest BCUT2D eigenvalue weighted by atomic mass is 10.1. The summed E-state index contributed by atoms with van der Waals surface area (Å²) in [5.41, 5.74) is 1.99.